The number of halogens is 3. The van der Waals surface area contributed by atoms with Crippen LogP contribution in [0.5, 0.6) is 0 Å². The number of benzene rings is 1. The Morgan fingerprint density at radius 3 is 2.57 bits per heavy atom. The van der Waals surface area contributed by atoms with Crippen LogP contribution in [0.4, 0.5) is 20.2 Å². The molecule has 5 rings (SSSR count). The number of hydrogen-bond acceptors (Lipinski definition) is 7. The monoisotopic (exact) mass is 585 g/mol. The number of hydrogen-bond donors (Lipinski definition) is 2. The highest BCUT2D eigenvalue weighted by molar-refractivity contribution is 9.10. The summed E-state index contributed by atoms with van der Waals surface area (Å²) in [5.41, 5.74) is 0.0534. The maximum Gasteiger partial charge on any atom is 0.294 e. The lowest BCUT2D eigenvalue weighted by atomic mass is 9.94. The van der Waals surface area contributed by atoms with E-state index in [1.165, 1.54) is 6.07 Å². The molecular weight excluding hydrogens is 556 g/mol. The second-order valence-corrected chi connectivity index (χ2v) is 11.3. The number of amides is 2. The Morgan fingerprint density at radius 1 is 1.16 bits per heavy atom. The Kier molecular flexibility index (Phi) is 7.38. The molecule has 0 aromatic heterocycles. The van der Waals surface area contributed by atoms with E-state index in [-0.39, 0.29) is 60.1 Å². The van der Waals surface area contributed by atoms with Gasteiger partial charge in [-0.2, -0.15) is 0 Å². The summed E-state index contributed by atoms with van der Waals surface area (Å²) in [6.07, 6.45) is 2.44. The molecule has 13 heteroatoms. The van der Waals surface area contributed by atoms with Gasteiger partial charge in [-0.05, 0) is 31.7 Å². The molecule has 0 saturated carbocycles. The maximum absolute atomic E-state index is 13.9. The number of ether oxygens (including phenoxy) is 1. The van der Waals surface area contributed by atoms with Gasteiger partial charge in [0, 0.05) is 55.7 Å². The first-order chi connectivity index (χ1) is 17.6. The molecule has 202 valence electrons. The van der Waals surface area contributed by atoms with Crippen molar-refractivity contribution in [2.24, 2.45) is 5.92 Å². The number of carbonyl (C=O) groups excluding carboxylic acids is 2. The van der Waals surface area contributed by atoms with Gasteiger partial charge in [-0.1, -0.05) is 15.9 Å². The van der Waals surface area contributed by atoms with Crippen LogP contribution in [0.1, 0.15) is 42.5 Å². The summed E-state index contributed by atoms with van der Waals surface area (Å²) in [4.78, 5) is 41.3. The van der Waals surface area contributed by atoms with E-state index in [0.717, 1.165) is 12.8 Å². The summed E-state index contributed by atoms with van der Waals surface area (Å²) in [6, 6.07) is 2.56. The van der Waals surface area contributed by atoms with E-state index >= 15 is 0 Å². The predicted molar refractivity (Wildman–Crippen MR) is 134 cm³/mol. The molecular formula is C24H30BrF2N5O5. The normalized spacial score (nSPS) is 29.2. The van der Waals surface area contributed by atoms with Gasteiger partial charge < -0.3 is 25.2 Å². The van der Waals surface area contributed by atoms with Crippen molar-refractivity contribution in [3.63, 3.8) is 0 Å². The van der Waals surface area contributed by atoms with Crippen LogP contribution in [0.3, 0.4) is 0 Å². The molecule has 4 heterocycles. The molecule has 10 nitrogen and oxygen atoms in total. The van der Waals surface area contributed by atoms with Crippen molar-refractivity contribution < 1.29 is 28.0 Å². The molecule has 1 aromatic rings. The van der Waals surface area contributed by atoms with Gasteiger partial charge in [0.1, 0.15) is 5.69 Å². The summed E-state index contributed by atoms with van der Waals surface area (Å²) in [5.74, 6) is -4.41. The first-order valence-electron chi connectivity index (χ1n) is 12.7. The van der Waals surface area contributed by atoms with Crippen LogP contribution in [0.2, 0.25) is 0 Å². The van der Waals surface area contributed by atoms with Gasteiger partial charge in [-0.15, -0.1) is 0 Å². The number of nitrogens with zero attached hydrogens (tertiary/aromatic N) is 3. The Hall–Kier alpha value is -2.38. The zero-order valence-corrected chi connectivity index (χ0v) is 21.8. The van der Waals surface area contributed by atoms with Crippen molar-refractivity contribution in [2.75, 3.05) is 44.6 Å². The minimum absolute atomic E-state index is 0.0270. The van der Waals surface area contributed by atoms with Gasteiger partial charge in [0.25, 0.3) is 17.5 Å². The van der Waals surface area contributed by atoms with Crippen molar-refractivity contribution in [3.05, 3.63) is 32.3 Å². The average molecular weight is 586 g/mol. The van der Waals surface area contributed by atoms with Gasteiger partial charge in [0.2, 0.25) is 5.91 Å². The van der Waals surface area contributed by atoms with Crippen molar-refractivity contribution in [1.29, 1.82) is 0 Å². The van der Waals surface area contributed by atoms with Gasteiger partial charge in [0.15, 0.2) is 0 Å². The summed E-state index contributed by atoms with van der Waals surface area (Å²) < 4.78 is 34.0. The highest BCUT2D eigenvalue weighted by Gasteiger charge is 2.42. The SMILES string of the molecule is O=C(c1cc(Br)cc([N+](=O)[O-])c1N[C@@H]1CCCN(C(=O)C2CNCC(F)(F)C2)C1)N1CC2CCC(C1)O2. The van der Waals surface area contributed by atoms with Crippen LogP contribution in [0, 0.1) is 16.0 Å². The molecule has 4 atom stereocenters. The number of anilines is 1. The number of nitro groups is 1. The predicted octanol–water partition coefficient (Wildman–Crippen LogP) is 3.01. The van der Waals surface area contributed by atoms with Crippen LogP contribution < -0.4 is 10.6 Å². The highest BCUT2D eigenvalue weighted by Crippen LogP contribution is 2.36. The van der Waals surface area contributed by atoms with E-state index in [0.29, 0.717) is 36.9 Å². The molecule has 3 unspecified atom stereocenters. The topological polar surface area (TPSA) is 117 Å². The van der Waals surface area contributed by atoms with Gasteiger partial charge in [-0.3, -0.25) is 19.7 Å². The zero-order chi connectivity index (χ0) is 26.3. The van der Waals surface area contributed by atoms with Crippen molar-refractivity contribution in [2.45, 2.75) is 56.3 Å². The van der Waals surface area contributed by atoms with Crippen molar-refractivity contribution >= 4 is 39.1 Å². The number of morpholine rings is 1. The van der Waals surface area contributed by atoms with E-state index in [4.69, 9.17) is 4.74 Å². The fourth-order valence-electron chi connectivity index (χ4n) is 5.87. The van der Waals surface area contributed by atoms with E-state index in [1.54, 1.807) is 15.9 Å². The molecule has 2 bridgehead atoms. The molecule has 0 radical (unpaired) electrons. The average Bonchev–Trinajstić information content (AvgIpc) is 3.20. The lowest BCUT2D eigenvalue weighted by Gasteiger charge is -2.38. The fourth-order valence-corrected chi connectivity index (χ4v) is 6.32. The molecule has 0 spiro atoms. The summed E-state index contributed by atoms with van der Waals surface area (Å²) in [5, 5.41) is 17.8. The highest BCUT2D eigenvalue weighted by atomic mass is 79.9. The van der Waals surface area contributed by atoms with Crippen LogP contribution in [-0.2, 0) is 9.53 Å². The lowest BCUT2D eigenvalue weighted by molar-refractivity contribution is -0.384. The van der Waals surface area contributed by atoms with Crippen LogP contribution in [0.25, 0.3) is 0 Å². The Labute approximate surface area is 221 Å². The molecule has 4 aliphatic heterocycles. The number of rotatable bonds is 5. The third kappa shape index (κ3) is 5.73. The largest absolute Gasteiger partial charge is 0.374 e. The van der Waals surface area contributed by atoms with Crippen LogP contribution in [0.15, 0.2) is 16.6 Å². The van der Waals surface area contributed by atoms with Crippen molar-refractivity contribution in [3.8, 4) is 0 Å². The number of nitrogens with one attached hydrogen (secondary N) is 2. The lowest BCUT2D eigenvalue weighted by Crippen LogP contribution is -2.53. The van der Waals surface area contributed by atoms with E-state index in [1.807, 2.05) is 0 Å². The van der Waals surface area contributed by atoms with Gasteiger partial charge >= 0.3 is 0 Å². The minimum atomic E-state index is -2.93. The van der Waals surface area contributed by atoms with Gasteiger partial charge in [-0.25, -0.2) is 8.78 Å². The molecule has 0 aliphatic carbocycles. The number of nitro benzene ring substituents is 1. The molecule has 4 fully saturated rings. The van der Waals surface area contributed by atoms with E-state index < -0.39 is 29.7 Å². The first kappa shape index (κ1) is 26.2. The smallest absolute Gasteiger partial charge is 0.294 e. The standard InChI is InChI=1S/C24H30BrF2N5O5/c25-15-6-19(23(34)31-11-17-3-4-18(12-31)37-17)21(20(7-15)32(35)36)29-16-2-1-5-30(10-16)22(33)14-8-24(26,27)13-28-9-14/h6-7,14,16-18,28-29H,1-5,8-13H2/t14?,16-,17?,18?/m1/s1. The molecule has 4 aliphatic rings. The summed E-state index contributed by atoms with van der Waals surface area (Å²) >= 11 is 3.30. The minimum Gasteiger partial charge on any atom is -0.374 e. The summed E-state index contributed by atoms with van der Waals surface area (Å²) in [6.45, 7) is 1.27. The van der Waals surface area contributed by atoms with Crippen LogP contribution in [-0.4, -0.2) is 90.0 Å². The second-order valence-electron chi connectivity index (χ2n) is 10.4. The number of alkyl halides is 2. The Bertz CT molecular complexity index is 1080. The number of piperidine rings is 2. The fraction of sp³-hybridized carbons (Fsp3) is 0.667. The molecule has 37 heavy (non-hydrogen) atoms. The van der Waals surface area contributed by atoms with Crippen LogP contribution >= 0.6 is 15.9 Å². The Balaban J connectivity index is 1.36. The molecule has 1 aromatic carbocycles. The van der Waals surface area contributed by atoms with Gasteiger partial charge in [0.05, 0.1) is 35.2 Å². The van der Waals surface area contributed by atoms with E-state index in [2.05, 4.69) is 26.6 Å². The molecule has 2 amide bonds. The second kappa shape index (κ2) is 10.4. The van der Waals surface area contributed by atoms with E-state index in [9.17, 15) is 28.5 Å². The third-order valence-electron chi connectivity index (χ3n) is 7.59. The quantitative estimate of drug-likeness (QED) is 0.403. The first-order valence-corrected chi connectivity index (χ1v) is 13.5. The summed E-state index contributed by atoms with van der Waals surface area (Å²) in [7, 11) is 0. The number of carbonyl (C=O) groups is 2. The molecule has 4 saturated heterocycles. The number of fused-ring (bicyclic) bond motifs is 2. The molecule has 2 N–H and O–H groups in total. The Morgan fingerprint density at radius 2 is 1.89 bits per heavy atom. The van der Waals surface area contributed by atoms with Crippen molar-refractivity contribution in [1.82, 2.24) is 15.1 Å². The zero-order valence-electron chi connectivity index (χ0n) is 20.3. The maximum atomic E-state index is 13.9. The third-order valence-corrected chi connectivity index (χ3v) is 8.05. The number of likely N-dealkylation sites (tertiary alicyclic amines) is 2.